The monoisotopic (exact) mass is 183 g/mol. The molecule has 2 unspecified atom stereocenters. The van der Waals surface area contributed by atoms with Crippen LogP contribution in [0.4, 0.5) is 4.79 Å². The lowest BCUT2D eigenvalue weighted by atomic mass is 10.4. The Bertz CT molecular complexity index is 217. The minimum Gasteiger partial charge on any atom is -0.336 e. The highest BCUT2D eigenvalue weighted by Gasteiger charge is 2.54. The van der Waals surface area contributed by atoms with Gasteiger partial charge in [-0.1, -0.05) is 0 Å². The van der Waals surface area contributed by atoms with Gasteiger partial charge in [0.25, 0.3) is 0 Å². The van der Waals surface area contributed by atoms with E-state index < -0.39 is 0 Å². The third kappa shape index (κ3) is 1.50. The van der Waals surface area contributed by atoms with Crippen LogP contribution in [0, 0.1) is 11.8 Å². The normalized spacial score (nSPS) is 36.3. The van der Waals surface area contributed by atoms with Crippen molar-refractivity contribution < 1.29 is 4.79 Å². The molecule has 1 aliphatic heterocycles. The highest BCUT2D eigenvalue weighted by atomic mass is 16.2. The van der Waals surface area contributed by atoms with Crippen molar-refractivity contribution >= 4 is 6.03 Å². The Kier molecular flexibility index (Phi) is 1.95. The molecule has 2 fully saturated rings. The second kappa shape index (κ2) is 2.87. The summed E-state index contributed by atoms with van der Waals surface area (Å²) < 4.78 is 0. The lowest BCUT2D eigenvalue weighted by Gasteiger charge is -2.21. The molecule has 0 radical (unpaired) electrons. The Labute approximate surface area is 78.5 Å². The second-order valence-corrected chi connectivity index (χ2v) is 4.41. The standard InChI is InChI=1S/C9H17N3O/c1-5(2)11-9(13)12-3-6-7(4-12)8(6)10/h5-8H,3-4,10H2,1-2H3,(H,11,13). The molecular formula is C9H17N3O. The molecule has 2 rings (SSSR count). The maximum atomic E-state index is 11.5. The summed E-state index contributed by atoms with van der Waals surface area (Å²) >= 11 is 0. The van der Waals surface area contributed by atoms with Crippen molar-refractivity contribution in [3.63, 3.8) is 0 Å². The molecule has 0 aromatic carbocycles. The van der Waals surface area contributed by atoms with Crippen LogP contribution in [0.5, 0.6) is 0 Å². The van der Waals surface area contributed by atoms with E-state index in [0.717, 1.165) is 13.1 Å². The molecule has 0 spiro atoms. The predicted octanol–water partition coefficient (Wildman–Crippen LogP) is -0.00670. The van der Waals surface area contributed by atoms with Gasteiger partial charge in [-0.25, -0.2) is 4.79 Å². The number of carbonyl (C=O) groups excluding carboxylic acids is 1. The Balaban J connectivity index is 1.81. The molecule has 0 aromatic heterocycles. The average molecular weight is 183 g/mol. The molecule has 4 nitrogen and oxygen atoms in total. The molecule has 2 aliphatic rings. The Morgan fingerprint density at radius 3 is 2.46 bits per heavy atom. The van der Waals surface area contributed by atoms with Gasteiger partial charge in [0.2, 0.25) is 0 Å². The van der Waals surface area contributed by atoms with Crippen LogP contribution in [0.25, 0.3) is 0 Å². The fraction of sp³-hybridized carbons (Fsp3) is 0.889. The Hall–Kier alpha value is -0.770. The smallest absolute Gasteiger partial charge is 0.317 e. The van der Waals surface area contributed by atoms with Gasteiger partial charge in [0.1, 0.15) is 0 Å². The van der Waals surface area contributed by atoms with E-state index in [1.165, 1.54) is 0 Å². The molecule has 0 aromatic rings. The van der Waals surface area contributed by atoms with Crippen molar-refractivity contribution in [2.45, 2.75) is 25.9 Å². The van der Waals surface area contributed by atoms with Crippen LogP contribution in [-0.2, 0) is 0 Å². The van der Waals surface area contributed by atoms with Gasteiger partial charge in [-0.3, -0.25) is 0 Å². The summed E-state index contributed by atoms with van der Waals surface area (Å²) in [6.45, 7) is 5.65. The summed E-state index contributed by atoms with van der Waals surface area (Å²) in [6.07, 6.45) is 0. The van der Waals surface area contributed by atoms with Crippen LogP contribution in [0.2, 0.25) is 0 Å². The number of urea groups is 1. The van der Waals surface area contributed by atoms with Crippen LogP contribution in [0.1, 0.15) is 13.8 Å². The summed E-state index contributed by atoms with van der Waals surface area (Å²) in [7, 11) is 0. The summed E-state index contributed by atoms with van der Waals surface area (Å²) in [5, 5.41) is 2.89. The molecule has 74 valence electrons. The van der Waals surface area contributed by atoms with Crippen molar-refractivity contribution in [2.24, 2.45) is 17.6 Å². The quantitative estimate of drug-likeness (QED) is 0.601. The number of nitrogens with two attached hydrogens (primary N) is 1. The fourth-order valence-electron chi connectivity index (χ4n) is 2.08. The fourth-order valence-corrected chi connectivity index (χ4v) is 2.08. The van der Waals surface area contributed by atoms with E-state index in [2.05, 4.69) is 5.32 Å². The molecule has 13 heavy (non-hydrogen) atoms. The molecule has 1 saturated carbocycles. The minimum absolute atomic E-state index is 0.0643. The number of nitrogens with one attached hydrogen (secondary N) is 1. The summed E-state index contributed by atoms with van der Waals surface area (Å²) in [6, 6.07) is 0.649. The van der Waals surface area contributed by atoms with Crippen molar-refractivity contribution in [3.8, 4) is 0 Å². The summed E-state index contributed by atoms with van der Waals surface area (Å²) in [5.41, 5.74) is 5.78. The third-order valence-corrected chi connectivity index (χ3v) is 2.96. The highest BCUT2D eigenvalue weighted by Crippen LogP contribution is 2.43. The van der Waals surface area contributed by atoms with E-state index in [1.54, 1.807) is 0 Å². The molecular weight excluding hydrogens is 166 g/mol. The van der Waals surface area contributed by atoms with Gasteiger partial charge in [-0.05, 0) is 25.7 Å². The average Bonchev–Trinajstić information content (AvgIpc) is 2.47. The number of piperidine rings is 1. The van der Waals surface area contributed by atoms with Crippen LogP contribution < -0.4 is 11.1 Å². The summed E-state index contributed by atoms with van der Waals surface area (Å²) in [4.78, 5) is 13.4. The second-order valence-electron chi connectivity index (χ2n) is 4.41. The van der Waals surface area contributed by atoms with Gasteiger partial charge in [0, 0.05) is 25.2 Å². The number of hydrogen-bond acceptors (Lipinski definition) is 2. The first-order valence-corrected chi connectivity index (χ1v) is 4.90. The first-order chi connectivity index (χ1) is 6.09. The van der Waals surface area contributed by atoms with Gasteiger partial charge in [0.05, 0.1) is 0 Å². The van der Waals surface area contributed by atoms with Gasteiger partial charge in [0.15, 0.2) is 0 Å². The highest BCUT2D eigenvalue weighted by molar-refractivity contribution is 5.75. The molecule has 1 heterocycles. The number of amides is 2. The van der Waals surface area contributed by atoms with Crippen molar-refractivity contribution in [3.05, 3.63) is 0 Å². The SMILES string of the molecule is CC(C)NC(=O)N1CC2C(N)C2C1. The first kappa shape index (κ1) is 8.81. The van der Waals surface area contributed by atoms with Crippen LogP contribution in [0.3, 0.4) is 0 Å². The zero-order valence-electron chi connectivity index (χ0n) is 8.16. The number of rotatable bonds is 1. The number of fused-ring (bicyclic) bond motifs is 1. The molecule has 0 bridgehead atoms. The van der Waals surface area contributed by atoms with E-state index >= 15 is 0 Å². The lowest BCUT2D eigenvalue weighted by Crippen LogP contribution is -2.43. The Morgan fingerprint density at radius 2 is 2.00 bits per heavy atom. The lowest BCUT2D eigenvalue weighted by molar-refractivity contribution is 0.200. The maximum absolute atomic E-state index is 11.5. The van der Waals surface area contributed by atoms with Crippen molar-refractivity contribution in [1.82, 2.24) is 10.2 Å². The van der Waals surface area contributed by atoms with E-state index in [4.69, 9.17) is 5.73 Å². The zero-order chi connectivity index (χ0) is 9.59. The first-order valence-electron chi connectivity index (χ1n) is 4.90. The molecule has 2 amide bonds. The maximum Gasteiger partial charge on any atom is 0.317 e. The van der Waals surface area contributed by atoms with E-state index in [-0.39, 0.29) is 12.1 Å². The largest absolute Gasteiger partial charge is 0.336 e. The van der Waals surface area contributed by atoms with Crippen LogP contribution in [-0.4, -0.2) is 36.1 Å². The Morgan fingerprint density at radius 1 is 1.46 bits per heavy atom. The summed E-state index contributed by atoms with van der Waals surface area (Å²) in [5.74, 6) is 1.16. The molecule has 1 aliphatic carbocycles. The molecule has 3 N–H and O–H groups in total. The van der Waals surface area contributed by atoms with Crippen LogP contribution in [0.15, 0.2) is 0 Å². The number of nitrogens with zero attached hydrogens (tertiary/aromatic N) is 1. The van der Waals surface area contributed by atoms with E-state index in [1.807, 2.05) is 18.7 Å². The topological polar surface area (TPSA) is 58.4 Å². The number of carbonyl (C=O) groups is 1. The van der Waals surface area contributed by atoms with Gasteiger partial charge >= 0.3 is 6.03 Å². The van der Waals surface area contributed by atoms with E-state index in [9.17, 15) is 4.79 Å². The third-order valence-electron chi connectivity index (χ3n) is 2.96. The minimum atomic E-state index is 0.0643. The zero-order valence-corrected chi connectivity index (χ0v) is 8.16. The van der Waals surface area contributed by atoms with Crippen LogP contribution >= 0.6 is 0 Å². The van der Waals surface area contributed by atoms with Crippen molar-refractivity contribution in [1.29, 1.82) is 0 Å². The van der Waals surface area contributed by atoms with Gasteiger partial charge < -0.3 is 16.0 Å². The molecule has 4 heteroatoms. The van der Waals surface area contributed by atoms with Gasteiger partial charge in [-0.2, -0.15) is 0 Å². The molecule has 1 saturated heterocycles. The van der Waals surface area contributed by atoms with Gasteiger partial charge in [-0.15, -0.1) is 0 Å². The predicted molar refractivity (Wildman–Crippen MR) is 50.2 cm³/mol. The number of likely N-dealkylation sites (tertiary alicyclic amines) is 1. The molecule has 2 atom stereocenters. The number of hydrogen-bond donors (Lipinski definition) is 2. The van der Waals surface area contributed by atoms with Crippen molar-refractivity contribution in [2.75, 3.05) is 13.1 Å². The van der Waals surface area contributed by atoms with E-state index in [0.29, 0.717) is 17.9 Å².